The average Bonchev–Trinajstić information content (AvgIpc) is 2.87. The molecule has 1 aliphatic heterocycles. The van der Waals surface area contributed by atoms with Gasteiger partial charge in [0.15, 0.2) is 17.9 Å². The molecule has 1 aliphatic rings. The number of aliphatic hydroxyl groups is 1. The van der Waals surface area contributed by atoms with Crippen LogP contribution in [0.15, 0.2) is 11.0 Å². The Bertz CT molecular complexity index is 1150. The Hall–Kier alpha value is -0.840. The summed E-state index contributed by atoms with van der Waals surface area (Å²) in [6.45, 7) is 0.268. The number of phosphoric ester groups is 1. The first kappa shape index (κ1) is 29.4. The van der Waals surface area contributed by atoms with Gasteiger partial charge in [0.2, 0.25) is 0 Å². The van der Waals surface area contributed by atoms with Crippen LogP contribution in [0.1, 0.15) is 20.1 Å². The van der Waals surface area contributed by atoms with E-state index in [4.69, 9.17) is 31.9 Å². The van der Waals surface area contributed by atoms with Crippen LogP contribution < -0.4 is 11.4 Å². The van der Waals surface area contributed by atoms with Crippen LogP contribution in [-0.2, 0) is 31.6 Å². The summed E-state index contributed by atoms with van der Waals surface area (Å²) in [7, 11) is -17.3. The summed E-state index contributed by atoms with van der Waals surface area (Å²) >= 11 is 6.12. The molecule has 1 aromatic heterocycles. The Labute approximate surface area is 193 Å². The molecular formula is C12H19ClF2N3O13P3. The van der Waals surface area contributed by atoms with Crippen LogP contribution in [0.4, 0.5) is 14.6 Å². The number of alkyl halides is 2. The number of nitrogens with zero attached hydrogens (tertiary/aromatic N) is 2. The predicted octanol–water partition coefficient (Wildman–Crippen LogP) is 0.292. The molecule has 3 unspecified atom stereocenters. The molecule has 1 saturated heterocycles. The number of phosphoric acid groups is 3. The van der Waals surface area contributed by atoms with Crippen LogP contribution in [0.2, 0.25) is 0 Å². The number of aliphatic hydroxyl groups excluding tert-OH is 1. The van der Waals surface area contributed by atoms with E-state index >= 15 is 0 Å². The number of hydrogen-bond acceptors (Lipinski definition) is 11. The molecule has 16 nitrogen and oxygen atoms in total. The molecule has 6 atom stereocenters. The first-order valence-corrected chi connectivity index (χ1v) is 13.5. The Morgan fingerprint density at radius 2 is 1.82 bits per heavy atom. The van der Waals surface area contributed by atoms with Gasteiger partial charge in [-0.2, -0.15) is 13.6 Å². The lowest BCUT2D eigenvalue weighted by Gasteiger charge is -2.34. The molecule has 0 radical (unpaired) electrons. The van der Waals surface area contributed by atoms with Crippen molar-refractivity contribution < 1.29 is 65.0 Å². The first-order chi connectivity index (χ1) is 15.1. The fraction of sp³-hybridized carbons (Fsp3) is 0.667. The van der Waals surface area contributed by atoms with Crippen LogP contribution in [0, 0.1) is 5.82 Å². The molecule has 7 N–H and O–H groups in total. The van der Waals surface area contributed by atoms with Gasteiger partial charge in [-0.1, -0.05) is 0 Å². The standard InChI is InChI=1S/C12H19ClF2N3O13P3/c1-11(2,29-33(24,25)31-34(26,27)30-32(21,22)23)7-6(19)12(13,4-14)9(28-7)18-3-5(15)8(16)17-10(18)20/h3,6-7,9,19H,4H2,1-2H3,(H,24,25)(H,26,27)(H2,16,17,20)(H2,21,22,23)/t6-,7-,9+,12?/m0/s1. The topological polar surface area (TPSA) is 250 Å². The number of hydrogen-bond donors (Lipinski definition) is 6. The van der Waals surface area contributed by atoms with E-state index in [1.807, 2.05) is 0 Å². The molecular weight excluding hydrogens is 561 g/mol. The summed E-state index contributed by atoms with van der Waals surface area (Å²) in [5.74, 6) is -2.03. The molecule has 0 amide bonds. The SMILES string of the molecule is CC(C)(OP(=O)(O)OP(=O)(O)OP(=O)(O)O)[C@H]1O[C@@H](n2cc(F)c(N)nc2=O)C(Cl)(CF)[C@H]1O. The summed E-state index contributed by atoms with van der Waals surface area (Å²) in [5.41, 5.74) is 1.65. The number of ether oxygens (including phenoxy) is 1. The number of rotatable bonds is 9. The van der Waals surface area contributed by atoms with E-state index in [0.717, 1.165) is 13.8 Å². The number of anilines is 1. The molecule has 1 fully saturated rings. The quantitative estimate of drug-likeness (QED) is 0.170. The Kier molecular flexibility index (Phi) is 8.26. The summed E-state index contributed by atoms with van der Waals surface area (Å²) in [6.07, 6.45) is -5.55. The first-order valence-electron chi connectivity index (χ1n) is 8.61. The highest BCUT2D eigenvalue weighted by atomic mass is 35.5. The Balaban J connectivity index is 2.38. The highest BCUT2D eigenvalue weighted by molar-refractivity contribution is 7.66. The van der Waals surface area contributed by atoms with Crippen molar-refractivity contribution in [2.75, 3.05) is 12.4 Å². The number of halogens is 3. The maximum absolute atomic E-state index is 13.9. The van der Waals surface area contributed by atoms with Crippen molar-refractivity contribution in [3.8, 4) is 0 Å². The molecule has 0 aromatic carbocycles. The van der Waals surface area contributed by atoms with Crippen LogP contribution in [0.5, 0.6) is 0 Å². The van der Waals surface area contributed by atoms with E-state index in [0.29, 0.717) is 10.8 Å². The van der Waals surface area contributed by atoms with Gasteiger partial charge >= 0.3 is 29.2 Å². The van der Waals surface area contributed by atoms with Crippen molar-refractivity contribution in [1.29, 1.82) is 0 Å². The van der Waals surface area contributed by atoms with Gasteiger partial charge in [0.1, 0.15) is 29.4 Å². The van der Waals surface area contributed by atoms with E-state index < -0.39 is 76.4 Å². The van der Waals surface area contributed by atoms with Gasteiger partial charge in [0, 0.05) is 0 Å². The normalized spacial score (nSPS) is 29.5. The molecule has 0 saturated carbocycles. The zero-order valence-electron chi connectivity index (χ0n) is 17.0. The zero-order valence-corrected chi connectivity index (χ0v) is 20.4. The maximum atomic E-state index is 13.9. The van der Waals surface area contributed by atoms with Crippen molar-refractivity contribution in [2.45, 2.75) is 42.8 Å². The lowest BCUT2D eigenvalue weighted by atomic mass is 9.91. The number of nitrogen functional groups attached to an aromatic ring is 1. The second-order valence-electron chi connectivity index (χ2n) is 7.36. The molecule has 196 valence electrons. The second-order valence-corrected chi connectivity index (χ2v) is 12.4. The fourth-order valence-electron chi connectivity index (χ4n) is 2.98. The molecule has 1 aromatic rings. The van der Waals surface area contributed by atoms with E-state index in [9.17, 15) is 42.2 Å². The summed E-state index contributed by atoms with van der Waals surface area (Å²) in [5, 5.41) is 10.6. The number of aromatic nitrogens is 2. The molecule has 2 heterocycles. The third-order valence-corrected chi connectivity index (χ3v) is 8.85. The van der Waals surface area contributed by atoms with Crippen molar-refractivity contribution in [3.05, 3.63) is 22.5 Å². The van der Waals surface area contributed by atoms with Crippen molar-refractivity contribution in [1.82, 2.24) is 9.55 Å². The molecule has 0 spiro atoms. The zero-order chi connectivity index (χ0) is 26.5. The summed E-state index contributed by atoms with van der Waals surface area (Å²) in [6, 6.07) is 0. The van der Waals surface area contributed by atoms with Crippen molar-refractivity contribution in [2.24, 2.45) is 0 Å². The smallest absolute Gasteiger partial charge is 0.388 e. The van der Waals surface area contributed by atoms with Gasteiger partial charge < -0.3 is 35.2 Å². The molecule has 0 aliphatic carbocycles. The maximum Gasteiger partial charge on any atom is 0.490 e. The van der Waals surface area contributed by atoms with E-state index in [1.165, 1.54) is 0 Å². The second kappa shape index (κ2) is 9.56. The van der Waals surface area contributed by atoms with Gasteiger partial charge in [-0.25, -0.2) is 27.3 Å². The third kappa shape index (κ3) is 6.48. The molecule has 34 heavy (non-hydrogen) atoms. The predicted molar refractivity (Wildman–Crippen MR) is 106 cm³/mol. The van der Waals surface area contributed by atoms with Crippen LogP contribution >= 0.6 is 35.1 Å². The largest absolute Gasteiger partial charge is 0.490 e. The number of nitrogens with two attached hydrogens (primary N) is 1. The van der Waals surface area contributed by atoms with E-state index in [-0.39, 0.29) is 0 Å². The highest BCUT2D eigenvalue weighted by Gasteiger charge is 2.62. The van der Waals surface area contributed by atoms with Crippen molar-refractivity contribution >= 4 is 40.9 Å². The highest BCUT2D eigenvalue weighted by Crippen LogP contribution is 2.67. The summed E-state index contributed by atoms with van der Waals surface area (Å²) in [4.78, 5) is 49.0. The van der Waals surface area contributed by atoms with Gasteiger partial charge in [-0.3, -0.25) is 9.09 Å². The van der Waals surface area contributed by atoms with E-state index in [1.54, 1.807) is 0 Å². The fourth-order valence-corrected chi connectivity index (χ4v) is 6.59. The minimum atomic E-state index is -5.87. The van der Waals surface area contributed by atoms with Gasteiger partial charge in [0.25, 0.3) is 0 Å². The Morgan fingerprint density at radius 1 is 1.26 bits per heavy atom. The lowest BCUT2D eigenvalue weighted by Crippen LogP contribution is -2.50. The van der Waals surface area contributed by atoms with Gasteiger partial charge in [-0.15, -0.1) is 11.6 Å². The monoisotopic (exact) mass is 579 g/mol. The molecule has 22 heteroatoms. The van der Waals surface area contributed by atoms with Crippen LogP contribution in [-0.4, -0.2) is 63.6 Å². The molecule has 0 bridgehead atoms. The average molecular weight is 580 g/mol. The van der Waals surface area contributed by atoms with Gasteiger partial charge in [-0.05, 0) is 13.8 Å². The van der Waals surface area contributed by atoms with E-state index in [2.05, 4.69) is 18.1 Å². The van der Waals surface area contributed by atoms with Crippen molar-refractivity contribution in [3.63, 3.8) is 0 Å². The minimum absolute atomic E-state index is 0.363. The minimum Gasteiger partial charge on any atom is -0.388 e. The molecule has 2 rings (SSSR count). The summed E-state index contributed by atoms with van der Waals surface area (Å²) < 4.78 is 79.8. The van der Waals surface area contributed by atoms with Crippen LogP contribution in [0.3, 0.4) is 0 Å². The Morgan fingerprint density at radius 3 is 2.32 bits per heavy atom. The third-order valence-electron chi connectivity index (χ3n) is 4.31. The van der Waals surface area contributed by atoms with Crippen LogP contribution in [0.25, 0.3) is 0 Å². The van der Waals surface area contributed by atoms with Gasteiger partial charge in [0.05, 0.1) is 6.20 Å². The lowest BCUT2D eigenvalue weighted by molar-refractivity contribution is -0.118.